The van der Waals surface area contributed by atoms with Crippen LogP contribution in [0.25, 0.3) is 11.0 Å². The molecule has 2 aromatic rings. The van der Waals surface area contributed by atoms with Gasteiger partial charge in [-0.2, -0.15) is 0 Å². The first kappa shape index (κ1) is 20.8. The standard InChI is InChI=1S/C21H27N3O5/c1-23-17-13-14(7-5-3-2-4-6-8-19(26)27)9-10-15(17)24(21(23)29)16-11-12-18(25)22-20(16)28/h9-10,13,16H,2-8,11-12H2,1H3,(H,26,27)(H,22,25,28). The number of amides is 2. The van der Waals surface area contributed by atoms with Gasteiger partial charge >= 0.3 is 11.7 Å². The molecule has 1 aliphatic heterocycles. The topological polar surface area (TPSA) is 110 Å². The molecule has 2 amide bonds. The highest BCUT2D eigenvalue weighted by Gasteiger charge is 2.31. The van der Waals surface area contributed by atoms with Crippen molar-refractivity contribution in [2.45, 2.75) is 63.8 Å². The van der Waals surface area contributed by atoms with E-state index in [1.807, 2.05) is 18.2 Å². The molecule has 1 aromatic heterocycles. The van der Waals surface area contributed by atoms with Crippen LogP contribution in [0.2, 0.25) is 0 Å². The summed E-state index contributed by atoms with van der Waals surface area (Å²) in [6.45, 7) is 0. The Morgan fingerprint density at radius 3 is 2.55 bits per heavy atom. The lowest BCUT2D eigenvalue weighted by Gasteiger charge is -2.21. The van der Waals surface area contributed by atoms with Crippen LogP contribution in [-0.4, -0.2) is 32.0 Å². The number of imidazole rings is 1. The predicted molar refractivity (Wildman–Crippen MR) is 108 cm³/mol. The van der Waals surface area contributed by atoms with Gasteiger partial charge in [-0.3, -0.25) is 28.8 Å². The molecule has 2 heterocycles. The maximum atomic E-state index is 12.8. The molecule has 1 aromatic carbocycles. The van der Waals surface area contributed by atoms with Crippen LogP contribution in [0.3, 0.4) is 0 Å². The molecule has 1 fully saturated rings. The predicted octanol–water partition coefficient (Wildman–Crippen LogP) is 2.29. The lowest BCUT2D eigenvalue weighted by Crippen LogP contribution is -2.44. The van der Waals surface area contributed by atoms with Crippen molar-refractivity contribution >= 4 is 28.8 Å². The molecule has 0 bridgehead atoms. The largest absolute Gasteiger partial charge is 0.481 e. The van der Waals surface area contributed by atoms with Gasteiger partial charge in [-0.15, -0.1) is 0 Å². The molecule has 2 N–H and O–H groups in total. The minimum atomic E-state index is -0.742. The lowest BCUT2D eigenvalue weighted by atomic mass is 10.0. The summed E-state index contributed by atoms with van der Waals surface area (Å²) >= 11 is 0. The second kappa shape index (κ2) is 9.07. The third-order valence-electron chi connectivity index (χ3n) is 5.53. The monoisotopic (exact) mass is 401 g/mol. The van der Waals surface area contributed by atoms with Gasteiger partial charge in [0.15, 0.2) is 0 Å². The van der Waals surface area contributed by atoms with Gasteiger partial charge in [-0.25, -0.2) is 4.79 Å². The van der Waals surface area contributed by atoms with Crippen LogP contribution in [0.15, 0.2) is 23.0 Å². The molecule has 156 valence electrons. The number of hydrogen-bond donors (Lipinski definition) is 2. The summed E-state index contributed by atoms with van der Waals surface area (Å²) in [6, 6.07) is 5.18. The quantitative estimate of drug-likeness (QED) is 0.495. The van der Waals surface area contributed by atoms with Crippen molar-refractivity contribution in [1.29, 1.82) is 0 Å². The van der Waals surface area contributed by atoms with Gasteiger partial charge in [0.2, 0.25) is 11.8 Å². The van der Waals surface area contributed by atoms with Crippen molar-refractivity contribution in [3.8, 4) is 0 Å². The van der Waals surface area contributed by atoms with Gasteiger partial charge in [0.1, 0.15) is 6.04 Å². The molecule has 0 spiro atoms. The van der Waals surface area contributed by atoms with Crippen LogP contribution in [0.4, 0.5) is 0 Å². The molecule has 1 atom stereocenters. The van der Waals surface area contributed by atoms with Crippen LogP contribution in [0, 0.1) is 0 Å². The summed E-state index contributed by atoms with van der Waals surface area (Å²) in [5.74, 6) is -1.47. The van der Waals surface area contributed by atoms with Gasteiger partial charge in [0.25, 0.3) is 0 Å². The number of carbonyl (C=O) groups excluding carboxylic acids is 2. The number of aliphatic carboxylic acids is 1. The number of carboxylic acids is 1. The zero-order chi connectivity index (χ0) is 21.0. The van der Waals surface area contributed by atoms with Gasteiger partial charge in [-0.1, -0.05) is 25.3 Å². The lowest BCUT2D eigenvalue weighted by molar-refractivity contribution is -0.137. The summed E-state index contributed by atoms with van der Waals surface area (Å²) in [6.07, 6.45) is 6.36. The van der Waals surface area contributed by atoms with Crippen molar-refractivity contribution < 1.29 is 19.5 Å². The van der Waals surface area contributed by atoms with Gasteiger partial charge in [0.05, 0.1) is 11.0 Å². The number of carboxylic acid groups (broad SMARTS) is 1. The minimum absolute atomic E-state index is 0.226. The first-order valence-corrected chi connectivity index (χ1v) is 10.1. The summed E-state index contributed by atoms with van der Waals surface area (Å²) in [4.78, 5) is 46.9. The third kappa shape index (κ3) is 4.75. The molecule has 1 unspecified atom stereocenters. The number of benzene rings is 1. The number of unbranched alkanes of at least 4 members (excludes halogenated alkanes) is 4. The van der Waals surface area contributed by atoms with E-state index in [2.05, 4.69) is 5.32 Å². The van der Waals surface area contributed by atoms with E-state index in [4.69, 9.17) is 5.11 Å². The molecule has 8 nitrogen and oxygen atoms in total. The normalized spacial score (nSPS) is 16.9. The average Bonchev–Trinajstić information content (AvgIpc) is 2.92. The van der Waals surface area contributed by atoms with Crippen molar-refractivity contribution in [2.24, 2.45) is 7.05 Å². The number of imide groups is 1. The fourth-order valence-corrected chi connectivity index (χ4v) is 3.93. The molecular weight excluding hydrogens is 374 g/mol. The Morgan fingerprint density at radius 1 is 1.10 bits per heavy atom. The Kier molecular flexibility index (Phi) is 6.51. The van der Waals surface area contributed by atoms with Crippen LogP contribution in [0.1, 0.15) is 63.0 Å². The summed E-state index contributed by atoms with van der Waals surface area (Å²) in [7, 11) is 1.69. The summed E-state index contributed by atoms with van der Waals surface area (Å²) in [5.41, 5.74) is 2.34. The second-order valence-electron chi connectivity index (χ2n) is 7.66. The number of aromatic nitrogens is 2. The zero-order valence-corrected chi connectivity index (χ0v) is 16.6. The van der Waals surface area contributed by atoms with Crippen molar-refractivity contribution in [1.82, 2.24) is 14.5 Å². The highest BCUT2D eigenvalue weighted by molar-refractivity contribution is 6.00. The van der Waals surface area contributed by atoms with Crippen LogP contribution < -0.4 is 11.0 Å². The Hall–Kier alpha value is -2.90. The zero-order valence-electron chi connectivity index (χ0n) is 16.6. The highest BCUT2D eigenvalue weighted by Crippen LogP contribution is 2.24. The maximum Gasteiger partial charge on any atom is 0.329 e. The van der Waals surface area contributed by atoms with E-state index in [1.165, 1.54) is 4.57 Å². The molecule has 1 aliphatic rings. The molecule has 1 saturated heterocycles. The highest BCUT2D eigenvalue weighted by atomic mass is 16.4. The summed E-state index contributed by atoms with van der Waals surface area (Å²) < 4.78 is 3.04. The van der Waals surface area contributed by atoms with Crippen molar-refractivity contribution in [3.63, 3.8) is 0 Å². The third-order valence-corrected chi connectivity index (χ3v) is 5.53. The number of nitrogens with zero attached hydrogens (tertiary/aromatic N) is 2. The Morgan fingerprint density at radius 2 is 1.83 bits per heavy atom. The number of rotatable bonds is 9. The molecule has 29 heavy (non-hydrogen) atoms. The molecule has 0 radical (unpaired) electrons. The van der Waals surface area contributed by atoms with Crippen molar-refractivity contribution in [3.05, 3.63) is 34.2 Å². The summed E-state index contributed by atoms with van der Waals surface area (Å²) in [5, 5.41) is 11.0. The number of nitrogens with one attached hydrogen (secondary N) is 1. The number of aryl methyl sites for hydroxylation is 2. The Bertz CT molecular complexity index is 988. The first-order chi connectivity index (χ1) is 13.9. The molecular formula is C21H27N3O5. The average molecular weight is 401 g/mol. The van der Waals surface area contributed by atoms with E-state index in [0.717, 1.165) is 49.6 Å². The SMILES string of the molecule is Cn1c(=O)n(C2CCC(=O)NC2=O)c2ccc(CCCCCCCC(=O)O)cc21. The van der Waals surface area contributed by atoms with Gasteiger partial charge < -0.3 is 5.11 Å². The number of hydrogen-bond acceptors (Lipinski definition) is 4. The minimum Gasteiger partial charge on any atom is -0.481 e. The van der Waals surface area contributed by atoms with Crippen LogP contribution >= 0.6 is 0 Å². The maximum absolute atomic E-state index is 12.8. The van der Waals surface area contributed by atoms with E-state index in [1.54, 1.807) is 11.6 Å². The van der Waals surface area contributed by atoms with E-state index in [-0.39, 0.29) is 24.4 Å². The smallest absolute Gasteiger partial charge is 0.329 e. The number of piperidine rings is 1. The van der Waals surface area contributed by atoms with Gasteiger partial charge in [0, 0.05) is 19.9 Å². The second-order valence-corrected chi connectivity index (χ2v) is 7.66. The van der Waals surface area contributed by atoms with E-state index < -0.39 is 17.9 Å². The Balaban J connectivity index is 1.67. The van der Waals surface area contributed by atoms with E-state index in [0.29, 0.717) is 11.9 Å². The van der Waals surface area contributed by atoms with Gasteiger partial charge in [-0.05, 0) is 43.4 Å². The molecule has 0 aliphatic carbocycles. The fraction of sp³-hybridized carbons (Fsp3) is 0.524. The van der Waals surface area contributed by atoms with Crippen LogP contribution in [0.5, 0.6) is 0 Å². The fourth-order valence-electron chi connectivity index (χ4n) is 3.93. The molecule has 3 rings (SSSR count). The first-order valence-electron chi connectivity index (χ1n) is 10.1. The van der Waals surface area contributed by atoms with E-state index in [9.17, 15) is 19.2 Å². The van der Waals surface area contributed by atoms with Crippen molar-refractivity contribution in [2.75, 3.05) is 0 Å². The Labute approximate surface area is 168 Å². The van der Waals surface area contributed by atoms with Crippen LogP contribution in [-0.2, 0) is 27.9 Å². The van der Waals surface area contributed by atoms with E-state index >= 15 is 0 Å². The molecule has 0 saturated carbocycles. The molecule has 8 heteroatoms. The number of carbonyl (C=O) groups is 3. The number of fused-ring (bicyclic) bond motifs is 1.